The van der Waals surface area contributed by atoms with Gasteiger partial charge in [0.05, 0.1) is 11.6 Å². The van der Waals surface area contributed by atoms with E-state index < -0.39 is 5.82 Å². The molecule has 1 atom stereocenters. The number of amides is 2. The predicted molar refractivity (Wildman–Crippen MR) is 79.4 cm³/mol. The zero-order valence-corrected chi connectivity index (χ0v) is 12.4. The minimum Gasteiger partial charge on any atom is -0.396 e. The lowest BCUT2D eigenvalue weighted by Crippen LogP contribution is -2.48. The molecule has 1 aliphatic rings. The molecule has 0 saturated carbocycles. The van der Waals surface area contributed by atoms with E-state index in [1.54, 1.807) is 4.90 Å². The number of hydrogen-bond donors (Lipinski definition) is 2. The second-order valence-electron chi connectivity index (χ2n) is 5.43. The molecule has 0 spiro atoms. The normalized spacial score (nSPS) is 17.9. The van der Waals surface area contributed by atoms with E-state index in [-0.39, 0.29) is 30.8 Å². The van der Waals surface area contributed by atoms with Crippen molar-refractivity contribution in [1.82, 2.24) is 10.2 Å². The molecular formula is C16H20FN3O2. The van der Waals surface area contributed by atoms with Crippen molar-refractivity contribution in [3.63, 3.8) is 0 Å². The van der Waals surface area contributed by atoms with Crippen LogP contribution in [0.4, 0.5) is 9.18 Å². The molecule has 0 aromatic heterocycles. The van der Waals surface area contributed by atoms with Crippen LogP contribution in [0.25, 0.3) is 0 Å². The number of carbonyl (C=O) groups excluding carboxylic acids is 1. The van der Waals surface area contributed by atoms with E-state index in [1.165, 1.54) is 12.1 Å². The summed E-state index contributed by atoms with van der Waals surface area (Å²) >= 11 is 0. The second-order valence-corrected chi connectivity index (χ2v) is 5.43. The van der Waals surface area contributed by atoms with Crippen molar-refractivity contribution in [3.8, 4) is 6.07 Å². The minimum atomic E-state index is -0.495. The zero-order valence-electron chi connectivity index (χ0n) is 12.4. The molecule has 1 aromatic carbocycles. The van der Waals surface area contributed by atoms with Crippen LogP contribution in [0.3, 0.4) is 0 Å². The molecule has 2 amide bonds. The predicted octanol–water partition coefficient (Wildman–Crippen LogP) is 2.14. The smallest absolute Gasteiger partial charge is 0.317 e. The first-order valence-electron chi connectivity index (χ1n) is 7.49. The molecule has 22 heavy (non-hydrogen) atoms. The molecule has 1 heterocycles. The fourth-order valence-electron chi connectivity index (χ4n) is 2.75. The van der Waals surface area contributed by atoms with E-state index in [0.29, 0.717) is 18.5 Å². The number of likely N-dealkylation sites (tertiary alicyclic amines) is 1. The topological polar surface area (TPSA) is 76.4 Å². The van der Waals surface area contributed by atoms with Crippen LogP contribution in [0, 0.1) is 17.1 Å². The average molecular weight is 305 g/mol. The molecule has 118 valence electrons. The van der Waals surface area contributed by atoms with Gasteiger partial charge in [-0.25, -0.2) is 9.18 Å². The average Bonchev–Trinajstić information content (AvgIpc) is 2.54. The maximum atomic E-state index is 13.8. The van der Waals surface area contributed by atoms with Crippen LogP contribution in [-0.4, -0.2) is 35.2 Å². The Kier molecular flexibility index (Phi) is 5.73. The van der Waals surface area contributed by atoms with Gasteiger partial charge in [-0.05, 0) is 37.8 Å². The monoisotopic (exact) mass is 305 g/mol. The van der Waals surface area contributed by atoms with Gasteiger partial charge in [0.15, 0.2) is 0 Å². The first-order chi connectivity index (χ1) is 10.7. The molecule has 1 fully saturated rings. The molecule has 1 saturated heterocycles. The number of carbonyl (C=O) groups is 1. The Hall–Kier alpha value is -2.13. The molecule has 0 bridgehead atoms. The van der Waals surface area contributed by atoms with Crippen LogP contribution < -0.4 is 5.32 Å². The Morgan fingerprint density at radius 1 is 1.50 bits per heavy atom. The molecule has 2 N–H and O–H groups in total. The highest BCUT2D eigenvalue weighted by molar-refractivity contribution is 5.74. The summed E-state index contributed by atoms with van der Waals surface area (Å²) in [6.45, 7) is 0.795. The van der Waals surface area contributed by atoms with E-state index in [9.17, 15) is 9.18 Å². The quantitative estimate of drug-likeness (QED) is 0.895. The largest absolute Gasteiger partial charge is 0.396 e. The zero-order chi connectivity index (χ0) is 15.9. The van der Waals surface area contributed by atoms with Crippen LogP contribution in [0.2, 0.25) is 0 Å². The van der Waals surface area contributed by atoms with Gasteiger partial charge in [-0.2, -0.15) is 5.26 Å². The van der Waals surface area contributed by atoms with Crippen molar-refractivity contribution >= 4 is 6.03 Å². The van der Waals surface area contributed by atoms with E-state index in [4.69, 9.17) is 10.4 Å². The standard InChI is InChI=1S/C16H20FN3O2/c17-15-9-12(10-18)4-5-13(15)11-19-16(22)20-7-2-1-3-14(20)6-8-21/h4-5,9,14,21H,1-3,6-8,11H2,(H,19,22). The molecule has 0 radical (unpaired) electrons. The van der Waals surface area contributed by atoms with Crippen molar-refractivity contribution in [2.75, 3.05) is 13.2 Å². The summed E-state index contributed by atoms with van der Waals surface area (Å²) in [5.74, 6) is -0.495. The number of urea groups is 1. The maximum Gasteiger partial charge on any atom is 0.317 e. The van der Waals surface area contributed by atoms with Crippen molar-refractivity contribution in [1.29, 1.82) is 5.26 Å². The van der Waals surface area contributed by atoms with Gasteiger partial charge in [0.25, 0.3) is 0 Å². The summed E-state index contributed by atoms with van der Waals surface area (Å²) in [6, 6.07) is 5.88. The second kappa shape index (κ2) is 7.76. The molecule has 1 aromatic rings. The fraction of sp³-hybridized carbons (Fsp3) is 0.500. The van der Waals surface area contributed by atoms with Gasteiger partial charge < -0.3 is 15.3 Å². The molecule has 6 heteroatoms. The van der Waals surface area contributed by atoms with Gasteiger partial charge in [0.1, 0.15) is 5.82 Å². The van der Waals surface area contributed by atoms with Crippen LogP contribution in [0.1, 0.15) is 36.8 Å². The first kappa shape index (κ1) is 16.2. The number of piperidine rings is 1. The Labute approximate surface area is 129 Å². The summed E-state index contributed by atoms with van der Waals surface area (Å²) in [6.07, 6.45) is 3.46. The minimum absolute atomic E-state index is 0.0459. The number of benzene rings is 1. The van der Waals surface area contributed by atoms with Gasteiger partial charge >= 0.3 is 6.03 Å². The van der Waals surface area contributed by atoms with E-state index >= 15 is 0 Å². The lowest BCUT2D eigenvalue weighted by atomic mass is 10.0. The number of nitrogens with one attached hydrogen (secondary N) is 1. The molecular weight excluding hydrogens is 285 g/mol. The number of halogens is 1. The third-order valence-electron chi connectivity index (χ3n) is 3.96. The van der Waals surface area contributed by atoms with Crippen LogP contribution in [-0.2, 0) is 6.54 Å². The Morgan fingerprint density at radius 3 is 3.00 bits per heavy atom. The number of aliphatic hydroxyl groups excluding tert-OH is 1. The summed E-state index contributed by atoms with van der Waals surface area (Å²) in [7, 11) is 0. The third kappa shape index (κ3) is 3.95. The highest BCUT2D eigenvalue weighted by Crippen LogP contribution is 2.19. The van der Waals surface area contributed by atoms with Crippen molar-refractivity contribution in [2.24, 2.45) is 0 Å². The summed E-state index contributed by atoms with van der Waals surface area (Å²) < 4.78 is 13.8. The van der Waals surface area contributed by atoms with Gasteiger partial charge in [0, 0.05) is 31.3 Å². The molecule has 1 unspecified atom stereocenters. The number of nitrogens with zero attached hydrogens (tertiary/aromatic N) is 2. The Morgan fingerprint density at radius 2 is 2.32 bits per heavy atom. The van der Waals surface area contributed by atoms with E-state index in [2.05, 4.69) is 5.32 Å². The first-order valence-corrected chi connectivity index (χ1v) is 7.49. The fourth-order valence-corrected chi connectivity index (χ4v) is 2.75. The van der Waals surface area contributed by atoms with Crippen molar-refractivity contribution in [3.05, 3.63) is 35.1 Å². The lowest BCUT2D eigenvalue weighted by Gasteiger charge is -2.35. The Bertz CT molecular complexity index is 569. The van der Waals surface area contributed by atoms with Crippen LogP contribution in [0.15, 0.2) is 18.2 Å². The SMILES string of the molecule is N#Cc1ccc(CNC(=O)N2CCCCC2CCO)c(F)c1. The summed E-state index contributed by atoms with van der Waals surface area (Å²) in [4.78, 5) is 14.0. The van der Waals surface area contributed by atoms with Gasteiger partial charge in [0.2, 0.25) is 0 Å². The van der Waals surface area contributed by atoms with E-state index in [1.807, 2.05) is 6.07 Å². The molecule has 0 aliphatic carbocycles. The van der Waals surface area contributed by atoms with Crippen LogP contribution >= 0.6 is 0 Å². The lowest BCUT2D eigenvalue weighted by molar-refractivity contribution is 0.131. The van der Waals surface area contributed by atoms with E-state index in [0.717, 1.165) is 25.3 Å². The summed E-state index contributed by atoms with van der Waals surface area (Å²) in [5, 5.41) is 20.5. The molecule has 5 nitrogen and oxygen atoms in total. The maximum absolute atomic E-state index is 13.8. The van der Waals surface area contributed by atoms with Crippen molar-refractivity contribution in [2.45, 2.75) is 38.3 Å². The summed E-state index contributed by atoms with van der Waals surface area (Å²) in [5.41, 5.74) is 0.606. The third-order valence-corrected chi connectivity index (χ3v) is 3.96. The van der Waals surface area contributed by atoms with Crippen LogP contribution in [0.5, 0.6) is 0 Å². The highest BCUT2D eigenvalue weighted by Gasteiger charge is 2.26. The highest BCUT2D eigenvalue weighted by atomic mass is 19.1. The molecule has 2 rings (SSSR count). The van der Waals surface area contributed by atoms with Gasteiger partial charge in [-0.1, -0.05) is 6.07 Å². The number of hydrogen-bond acceptors (Lipinski definition) is 3. The number of aliphatic hydroxyl groups is 1. The van der Waals surface area contributed by atoms with Gasteiger partial charge in [-0.15, -0.1) is 0 Å². The number of rotatable bonds is 4. The Balaban J connectivity index is 1.95. The number of nitriles is 1. The van der Waals surface area contributed by atoms with Crippen molar-refractivity contribution < 1.29 is 14.3 Å². The van der Waals surface area contributed by atoms with Gasteiger partial charge in [-0.3, -0.25) is 0 Å². The molecule has 1 aliphatic heterocycles.